The topological polar surface area (TPSA) is 21.7 Å². The third kappa shape index (κ3) is 5.40. The second-order valence-corrected chi connectivity index (χ2v) is 8.67. The van der Waals surface area contributed by atoms with Gasteiger partial charge >= 0.3 is 158 Å². The molecular formula is C21H29NO2Se. The molecule has 4 heteroatoms. The summed E-state index contributed by atoms with van der Waals surface area (Å²) in [6.45, 7) is 4.92. The molecular weight excluding hydrogens is 377 g/mol. The van der Waals surface area contributed by atoms with Gasteiger partial charge in [0, 0.05) is 0 Å². The fraction of sp³-hybridized carbons (Fsp3) is 0.429. The van der Waals surface area contributed by atoms with Crippen LogP contribution in [-0.4, -0.2) is 54.0 Å². The van der Waals surface area contributed by atoms with Crippen LogP contribution in [0.4, 0.5) is 0 Å². The van der Waals surface area contributed by atoms with Crippen LogP contribution in [0.1, 0.15) is 35.8 Å². The predicted molar refractivity (Wildman–Crippen MR) is 106 cm³/mol. The fourth-order valence-corrected chi connectivity index (χ4v) is 5.65. The summed E-state index contributed by atoms with van der Waals surface area (Å²) >= 11 is 0.193. The number of nitrogens with zero attached hydrogens (tertiary/aromatic N) is 1. The molecule has 0 unspecified atom stereocenters. The van der Waals surface area contributed by atoms with E-state index in [1.807, 2.05) is 6.92 Å². The molecule has 0 amide bonds. The zero-order valence-electron chi connectivity index (χ0n) is 15.8. The monoisotopic (exact) mass is 407 g/mol. The molecule has 0 bridgehead atoms. The van der Waals surface area contributed by atoms with Crippen LogP contribution in [0.2, 0.25) is 0 Å². The van der Waals surface area contributed by atoms with Gasteiger partial charge in [-0.25, -0.2) is 0 Å². The van der Waals surface area contributed by atoms with Crippen molar-refractivity contribution in [3.8, 4) is 0 Å². The van der Waals surface area contributed by atoms with E-state index < -0.39 is 0 Å². The van der Waals surface area contributed by atoms with E-state index in [2.05, 4.69) is 80.5 Å². The third-order valence-corrected chi connectivity index (χ3v) is 7.22. The summed E-state index contributed by atoms with van der Waals surface area (Å²) in [5.74, 6) is 0. The van der Waals surface area contributed by atoms with E-state index in [0.717, 1.165) is 0 Å². The van der Waals surface area contributed by atoms with E-state index >= 15 is 0 Å². The van der Waals surface area contributed by atoms with Crippen LogP contribution in [0.25, 0.3) is 0 Å². The Morgan fingerprint density at radius 2 is 1.64 bits per heavy atom. The minimum absolute atomic E-state index is 0.193. The van der Waals surface area contributed by atoms with E-state index in [-0.39, 0.29) is 26.1 Å². The summed E-state index contributed by atoms with van der Waals surface area (Å²) in [4.78, 5) is 2.47. The Morgan fingerprint density at radius 3 is 2.24 bits per heavy atom. The molecule has 0 N–H and O–H groups in total. The van der Waals surface area contributed by atoms with Crippen molar-refractivity contribution < 1.29 is 9.47 Å². The van der Waals surface area contributed by atoms with Gasteiger partial charge in [0.15, 0.2) is 0 Å². The zero-order chi connectivity index (χ0) is 18.2. The Labute approximate surface area is 158 Å². The first kappa shape index (κ1) is 20.2. The molecule has 0 heterocycles. The summed E-state index contributed by atoms with van der Waals surface area (Å²) < 4.78 is 13.0. The number of rotatable bonds is 9. The van der Waals surface area contributed by atoms with Crippen LogP contribution in [0.15, 0.2) is 54.6 Å². The first-order valence-electron chi connectivity index (χ1n) is 8.69. The number of methoxy groups -OCH3 is 1. The SMILES string of the molecule is CCO[C@@H](OC)[C@@H]([Se]c1ccccc1[C@@H](C)N(C)C)c1ccccc1. The van der Waals surface area contributed by atoms with Crippen LogP contribution in [-0.2, 0) is 9.47 Å². The van der Waals surface area contributed by atoms with Crippen molar-refractivity contribution in [1.29, 1.82) is 0 Å². The molecule has 0 spiro atoms. The Bertz CT molecular complexity index is 633. The van der Waals surface area contributed by atoms with Gasteiger partial charge in [0.1, 0.15) is 0 Å². The third-order valence-electron chi connectivity index (χ3n) is 4.34. The van der Waals surface area contributed by atoms with Gasteiger partial charge in [0.05, 0.1) is 0 Å². The summed E-state index contributed by atoms with van der Waals surface area (Å²) in [5, 5.41) is 0. The minimum atomic E-state index is -0.227. The van der Waals surface area contributed by atoms with Crippen LogP contribution in [0.5, 0.6) is 0 Å². The van der Waals surface area contributed by atoms with Crippen molar-refractivity contribution in [3.63, 3.8) is 0 Å². The van der Waals surface area contributed by atoms with E-state index in [0.29, 0.717) is 12.6 Å². The van der Waals surface area contributed by atoms with Crippen molar-refractivity contribution in [2.24, 2.45) is 0 Å². The predicted octanol–water partition coefficient (Wildman–Crippen LogP) is 3.39. The molecule has 3 nitrogen and oxygen atoms in total. The van der Waals surface area contributed by atoms with Gasteiger partial charge in [0.25, 0.3) is 0 Å². The van der Waals surface area contributed by atoms with Crippen molar-refractivity contribution in [3.05, 3.63) is 65.7 Å². The van der Waals surface area contributed by atoms with E-state index in [4.69, 9.17) is 9.47 Å². The molecule has 0 saturated carbocycles. The first-order chi connectivity index (χ1) is 12.1. The molecule has 0 saturated heterocycles. The number of hydrogen-bond donors (Lipinski definition) is 0. The van der Waals surface area contributed by atoms with Crippen molar-refractivity contribution >= 4 is 19.4 Å². The summed E-state index contributed by atoms with van der Waals surface area (Å²) in [6, 6.07) is 19.7. The Balaban J connectivity index is 2.37. The van der Waals surface area contributed by atoms with Crippen LogP contribution < -0.4 is 4.46 Å². The van der Waals surface area contributed by atoms with Gasteiger partial charge in [-0.05, 0) is 0 Å². The van der Waals surface area contributed by atoms with Crippen LogP contribution >= 0.6 is 0 Å². The molecule has 136 valence electrons. The van der Waals surface area contributed by atoms with Crippen LogP contribution in [0.3, 0.4) is 0 Å². The van der Waals surface area contributed by atoms with Gasteiger partial charge in [-0.2, -0.15) is 0 Å². The molecule has 0 aliphatic carbocycles. The van der Waals surface area contributed by atoms with Gasteiger partial charge in [-0.3, -0.25) is 0 Å². The average Bonchev–Trinajstić information content (AvgIpc) is 2.65. The van der Waals surface area contributed by atoms with Crippen molar-refractivity contribution in [2.45, 2.75) is 31.0 Å². The molecule has 0 aromatic heterocycles. The summed E-state index contributed by atoms with van der Waals surface area (Å²) in [6.07, 6.45) is -0.227. The van der Waals surface area contributed by atoms with Gasteiger partial charge in [0.2, 0.25) is 0 Å². The molecule has 0 radical (unpaired) electrons. The molecule has 0 aliphatic rings. The molecule has 2 aromatic carbocycles. The number of ether oxygens (including phenoxy) is 2. The van der Waals surface area contributed by atoms with Crippen LogP contribution in [0, 0.1) is 0 Å². The maximum absolute atomic E-state index is 5.91. The molecule has 2 rings (SSSR count). The van der Waals surface area contributed by atoms with Gasteiger partial charge < -0.3 is 0 Å². The van der Waals surface area contributed by atoms with Gasteiger partial charge in [-0.1, -0.05) is 0 Å². The normalized spacial score (nSPS) is 15.1. The molecule has 2 aromatic rings. The molecule has 0 fully saturated rings. The van der Waals surface area contributed by atoms with E-state index in [9.17, 15) is 0 Å². The number of benzene rings is 2. The summed E-state index contributed by atoms with van der Waals surface area (Å²) in [7, 11) is 5.99. The van der Waals surface area contributed by atoms with E-state index in [1.54, 1.807) is 7.11 Å². The summed E-state index contributed by atoms with van der Waals surface area (Å²) in [5.41, 5.74) is 2.66. The van der Waals surface area contributed by atoms with Gasteiger partial charge in [-0.15, -0.1) is 0 Å². The average molecular weight is 406 g/mol. The molecule has 25 heavy (non-hydrogen) atoms. The second-order valence-electron chi connectivity index (χ2n) is 6.19. The first-order valence-corrected chi connectivity index (χ1v) is 10.5. The Kier molecular flexibility index (Phi) is 8.14. The standard InChI is InChI=1S/C21H29NO2Se/c1-6-24-21(23-5)20(17-12-8-7-9-13-17)25-19-15-11-10-14-18(19)16(2)22(3)4/h7-16,20-21H,6H2,1-5H3/t16-,20+,21-/m1/s1. The van der Waals surface area contributed by atoms with E-state index in [1.165, 1.54) is 15.6 Å². The fourth-order valence-electron chi connectivity index (χ4n) is 2.71. The zero-order valence-corrected chi connectivity index (χ0v) is 17.5. The molecule has 0 aliphatic heterocycles. The second kappa shape index (κ2) is 10.1. The molecule has 3 atom stereocenters. The van der Waals surface area contributed by atoms with Crippen molar-refractivity contribution in [1.82, 2.24) is 4.90 Å². The Morgan fingerprint density at radius 1 is 1.00 bits per heavy atom. The number of hydrogen-bond acceptors (Lipinski definition) is 3. The maximum atomic E-state index is 5.91. The Hall–Kier alpha value is -1.16. The quantitative estimate of drug-likeness (QED) is 0.471. The van der Waals surface area contributed by atoms with Crippen molar-refractivity contribution in [2.75, 3.05) is 27.8 Å².